The van der Waals surface area contributed by atoms with Gasteiger partial charge in [0.1, 0.15) is 0 Å². The monoisotopic (exact) mass is 330 g/mol. The smallest absolute Gasteiger partial charge is 0.0236 e. The lowest BCUT2D eigenvalue weighted by atomic mass is 9.72. The summed E-state index contributed by atoms with van der Waals surface area (Å²) in [5.41, 5.74) is 0. The average Bonchev–Trinajstić information content (AvgIpc) is 3.10. The van der Waals surface area contributed by atoms with Crippen LogP contribution in [0.5, 0.6) is 0 Å². The van der Waals surface area contributed by atoms with Gasteiger partial charge in [-0.25, -0.2) is 0 Å². The zero-order chi connectivity index (χ0) is 16.8. The summed E-state index contributed by atoms with van der Waals surface area (Å²) >= 11 is 0. The van der Waals surface area contributed by atoms with Crippen molar-refractivity contribution in [1.29, 1.82) is 0 Å². The van der Waals surface area contributed by atoms with Crippen molar-refractivity contribution in [3.63, 3.8) is 0 Å². The van der Waals surface area contributed by atoms with E-state index in [-0.39, 0.29) is 0 Å². The van der Waals surface area contributed by atoms with E-state index in [4.69, 9.17) is 0 Å². The van der Waals surface area contributed by atoms with Crippen molar-refractivity contribution in [2.24, 2.45) is 35.5 Å². The first-order valence-electron chi connectivity index (χ1n) is 11.4. The second-order valence-corrected chi connectivity index (χ2v) is 9.60. The minimum Gasteiger partial charge on any atom is -0.103 e. The third-order valence-corrected chi connectivity index (χ3v) is 8.04. The summed E-state index contributed by atoms with van der Waals surface area (Å²) in [7, 11) is 0. The van der Waals surface area contributed by atoms with Crippen LogP contribution in [-0.2, 0) is 0 Å². The molecule has 0 bridgehead atoms. The molecule has 3 aliphatic carbocycles. The topological polar surface area (TPSA) is 0 Å². The summed E-state index contributed by atoms with van der Waals surface area (Å²) in [6.45, 7) is 6.35. The van der Waals surface area contributed by atoms with E-state index in [0.29, 0.717) is 0 Å². The van der Waals surface area contributed by atoms with E-state index in [1.54, 1.807) is 51.4 Å². The Morgan fingerprint density at radius 2 is 1.21 bits per heavy atom. The van der Waals surface area contributed by atoms with Gasteiger partial charge in [-0.3, -0.25) is 0 Å². The van der Waals surface area contributed by atoms with E-state index in [1.165, 1.54) is 44.9 Å². The summed E-state index contributed by atoms with van der Waals surface area (Å²) in [6, 6.07) is 0. The molecule has 0 N–H and O–H groups in total. The highest BCUT2D eigenvalue weighted by Crippen LogP contribution is 2.45. The van der Waals surface area contributed by atoms with Crippen molar-refractivity contribution in [3.8, 4) is 0 Å². The van der Waals surface area contributed by atoms with Crippen molar-refractivity contribution in [1.82, 2.24) is 0 Å². The molecule has 2 atom stereocenters. The van der Waals surface area contributed by atoms with Gasteiger partial charge in [0.15, 0.2) is 0 Å². The number of allylic oxidation sites excluding steroid dienone is 1. The molecular formula is C24H42. The van der Waals surface area contributed by atoms with Gasteiger partial charge in [-0.1, -0.05) is 57.9 Å². The van der Waals surface area contributed by atoms with E-state index in [0.717, 1.165) is 35.5 Å². The third kappa shape index (κ3) is 5.12. The Bertz CT molecular complexity index is 354. The van der Waals surface area contributed by atoms with Crippen LogP contribution < -0.4 is 0 Å². The number of rotatable bonds is 7. The molecule has 0 heterocycles. The van der Waals surface area contributed by atoms with Crippen LogP contribution in [0.3, 0.4) is 0 Å². The molecule has 0 radical (unpaired) electrons. The molecule has 24 heavy (non-hydrogen) atoms. The molecule has 0 nitrogen and oxygen atoms in total. The summed E-state index contributed by atoms with van der Waals surface area (Å²) in [5.74, 6) is 6.25. The second kappa shape index (κ2) is 9.44. The minimum absolute atomic E-state index is 0.833. The Morgan fingerprint density at radius 3 is 1.79 bits per heavy atom. The predicted molar refractivity (Wildman–Crippen MR) is 106 cm³/mol. The highest BCUT2D eigenvalue weighted by atomic mass is 14.4. The lowest BCUT2D eigenvalue weighted by Crippen LogP contribution is -2.21. The number of hydrogen-bond donors (Lipinski definition) is 0. The summed E-state index contributed by atoms with van der Waals surface area (Å²) in [5, 5.41) is 0. The normalized spacial score (nSPS) is 40.5. The van der Waals surface area contributed by atoms with Gasteiger partial charge in [-0.2, -0.15) is 0 Å². The quantitative estimate of drug-likeness (QED) is 0.418. The molecule has 0 saturated heterocycles. The molecule has 0 aromatic heterocycles. The summed E-state index contributed by atoms with van der Waals surface area (Å²) in [6.07, 6.45) is 24.9. The first-order valence-corrected chi connectivity index (χ1v) is 11.4. The molecule has 0 aromatic rings. The predicted octanol–water partition coefficient (Wildman–Crippen LogP) is 7.78. The molecule has 138 valence electrons. The van der Waals surface area contributed by atoms with Crippen LogP contribution in [0.25, 0.3) is 0 Å². The first kappa shape index (κ1) is 18.5. The van der Waals surface area contributed by atoms with E-state index >= 15 is 0 Å². The van der Waals surface area contributed by atoms with E-state index in [2.05, 4.69) is 19.6 Å². The number of hydrogen-bond acceptors (Lipinski definition) is 0. The minimum atomic E-state index is 0.833. The molecule has 0 spiro atoms. The highest BCUT2D eigenvalue weighted by molar-refractivity contribution is 4.86. The van der Waals surface area contributed by atoms with Crippen molar-refractivity contribution in [3.05, 3.63) is 12.7 Å². The van der Waals surface area contributed by atoms with Crippen LogP contribution in [0, 0.1) is 35.5 Å². The molecule has 0 aromatic carbocycles. The molecule has 3 saturated carbocycles. The van der Waals surface area contributed by atoms with Crippen molar-refractivity contribution < 1.29 is 0 Å². The molecule has 0 heteroatoms. The molecular weight excluding hydrogens is 288 g/mol. The maximum Gasteiger partial charge on any atom is -0.0236 e. The van der Waals surface area contributed by atoms with Crippen LogP contribution in [0.15, 0.2) is 12.7 Å². The average molecular weight is 331 g/mol. The fourth-order valence-corrected chi connectivity index (χ4v) is 6.34. The molecule has 3 fully saturated rings. The van der Waals surface area contributed by atoms with Gasteiger partial charge < -0.3 is 0 Å². The van der Waals surface area contributed by atoms with Crippen molar-refractivity contribution in [2.75, 3.05) is 0 Å². The Hall–Kier alpha value is -0.260. The fourth-order valence-electron chi connectivity index (χ4n) is 6.34. The highest BCUT2D eigenvalue weighted by Gasteiger charge is 2.33. The van der Waals surface area contributed by atoms with Crippen LogP contribution >= 0.6 is 0 Å². The van der Waals surface area contributed by atoms with Crippen LogP contribution in [0.1, 0.15) is 103 Å². The zero-order valence-corrected chi connectivity index (χ0v) is 16.4. The van der Waals surface area contributed by atoms with Gasteiger partial charge >= 0.3 is 0 Å². The van der Waals surface area contributed by atoms with Crippen molar-refractivity contribution >= 4 is 0 Å². The van der Waals surface area contributed by atoms with Gasteiger partial charge in [-0.15, -0.1) is 6.58 Å². The van der Waals surface area contributed by atoms with Gasteiger partial charge in [0.2, 0.25) is 0 Å². The van der Waals surface area contributed by atoms with Gasteiger partial charge in [-0.05, 0) is 86.9 Å². The largest absolute Gasteiger partial charge is 0.103 e. The molecule has 3 rings (SSSR count). The SMILES string of the molecule is C=CC1CCC(CCC2CCC(C3CCC(CCC)C3)CC2)CC1. The maximum absolute atomic E-state index is 3.98. The lowest BCUT2D eigenvalue weighted by Gasteiger charge is -2.34. The third-order valence-electron chi connectivity index (χ3n) is 8.04. The van der Waals surface area contributed by atoms with Gasteiger partial charge in [0, 0.05) is 0 Å². The Balaban J connectivity index is 1.30. The van der Waals surface area contributed by atoms with E-state index < -0.39 is 0 Å². The van der Waals surface area contributed by atoms with Gasteiger partial charge in [0.05, 0.1) is 0 Å². The summed E-state index contributed by atoms with van der Waals surface area (Å²) in [4.78, 5) is 0. The zero-order valence-electron chi connectivity index (χ0n) is 16.4. The molecule has 2 unspecified atom stereocenters. The van der Waals surface area contributed by atoms with Crippen LogP contribution in [-0.4, -0.2) is 0 Å². The Morgan fingerprint density at radius 1 is 0.667 bits per heavy atom. The standard InChI is InChI=1S/C24H42/c1-3-5-22-14-17-24(18-22)23-15-12-21(13-16-23)11-10-20-8-6-19(4-2)7-9-20/h4,19-24H,2-3,5-18H2,1H3. The lowest BCUT2D eigenvalue weighted by molar-refractivity contribution is 0.183. The first-order chi connectivity index (χ1) is 11.8. The second-order valence-electron chi connectivity index (χ2n) is 9.60. The van der Waals surface area contributed by atoms with Crippen LogP contribution in [0.2, 0.25) is 0 Å². The Kier molecular flexibility index (Phi) is 7.29. The van der Waals surface area contributed by atoms with E-state index in [1.807, 2.05) is 0 Å². The van der Waals surface area contributed by atoms with E-state index in [9.17, 15) is 0 Å². The molecule has 3 aliphatic rings. The molecule has 0 amide bonds. The van der Waals surface area contributed by atoms with Crippen molar-refractivity contribution in [2.45, 2.75) is 103 Å². The van der Waals surface area contributed by atoms with Crippen LogP contribution in [0.4, 0.5) is 0 Å². The summed E-state index contributed by atoms with van der Waals surface area (Å²) < 4.78 is 0. The maximum atomic E-state index is 3.98. The van der Waals surface area contributed by atoms with Gasteiger partial charge in [0.25, 0.3) is 0 Å². The molecule has 0 aliphatic heterocycles. The fraction of sp³-hybridized carbons (Fsp3) is 0.917. The Labute approximate surface area is 151 Å².